The standard InChI is InChI=1S/C14H30N4S.HI/c1-6-18-9-7-8-12(18)10-16-13(15-4)17-11-14(2,3)19-5;/h12H,6-11H2,1-5H3,(H2,15,16,17);1H. The number of hydrogen-bond donors (Lipinski definition) is 2. The van der Waals surface area contributed by atoms with Crippen molar-refractivity contribution in [3.8, 4) is 0 Å². The van der Waals surface area contributed by atoms with Crippen LogP contribution in [0.4, 0.5) is 0 Å². The van der Waals surface area contributed by atoms with Gasteiger partial charge in [-0.3, -0.25) is 9.89 Å². The highest BCUT2D eigenvalue weighted by atomic mass is 127. The summed E-state index contributed by atoms with van der Waals surface area (Å²) in [5, 5.41) is 6.88. The summed E-state index contributed by atoms with van der Waals surface area (Å²) in [6, 6.07) is 0.664. The molecular weight excluding hydrogens is 383 g/mol. The predicted octanol–water partition coefficient (Wildman–Crippen LogP) is 2.40. The molecule has 0 aliphatic carbocycles. The van der Waals surface area contributed by atoms with E-state index in [0.717, 1.165) is 25.6 Å². The number of guanidine groups is 1. The number of thioether (sulfide) groups is 1. The Kier molecular flexibility index (Phi) is 10.3. The number of likely N-dealkylation sites (tertiary alicyclic amines) is 1. The molecule has 6 heteroatoms. The molecule has 4 nitrogen and oxygen atoms in total. The minimum atomic E-state index is 0. The van der Waals surface area contributed by atoms with Crippen LogP contribution >= 0.6 is 35.7 Å². The Labute approximate surface area is 145 Å². The number of aliphatic imine (C=N–C) groups is 1. The van der Waals surface area contributed by atoms with Gasteiger partial charge in [0.1, 0.15) is 0 Å². The molecule has 0 spiro atoms. The second-order valence-corrected chi connectivity index (χ2v) is 7.21. The Morgan fingerprint density at radius 2 is 2.10 bits per heavy atom. The van der Waals surface area contributed by atoms with Gasteiger partial charge in [-0.2, -0.15) is 11.8 Å². The van der Waals surface area contributed by atoms with E-state index in [9.17, 15) is 0 Å². The number of rotatable bonds is 6. The van der Waals surface area contributed by atoms with E-state index in [1.54, 1.807) is 0 Å². The lowest BCUT2D eigenvalue weighted by atomic mass is 10.2. The van der Waals surface area contributed by atoms with Crippen LogP contribution in [0, 0.1) is 0 Å². The Bertz CT molecular complexity index is 297. The van der Waals surface area contributed by atoms with Gasteiger partial charge in [-0.05, 0) is 46.0 Å². The average Bonchev–Trinajstić information content (AvgIpc) is 2.86. The molecule has 1 saturated heterocycles. The first-order valence-corrected chi connectivity index (χ1v) is 8.48. The fraction of sp³-hybridized carbons (Fsp3) is 0.929. The quantitative estimate of drug-likeness (QED) is 0.398. The summed E-state index contributed by atoms with van der Waals surface area (Å²) in [6.45, 7) is 11.0. The van der Waals surface area contributed by atoms with Crippen molar-refractivity contribution < 1.29 is 0 Å². The van der Waals surface area contributed by atoms with Crippen molar-refractivity contribution >= 4 is 41.7 Å². The molecule has 1 rings (SSSR count). The number of likely N-dealkylation sites (N-methyl/N-ethyl adjacent to an activating group) is 1. The first-order valence-electron chi connectivity index (χ1n) is 7.26. The summed E-state index contributed by atoms with van der Waals surface area (Å²) in [5.41, 5.74) is 0. The Morgan fingerprint density at radius 1 is 1.40 bits per heavy atom. The van der Waals surface area contributed by atoms with E-state index in [0.29, 0.717) is 6.04 Å². The van der Waals surface area contributed by atoms with Crippen molar-refractivity contribution in [3.63, 3.8) is 0 Å². The Morgan fingerprint density at radius 3 is 2.65 bits per heavy atom. The van der Waals surface area contributed by atoms with Crippen LogP contribution in [-0.2, 0) is 0 Å². The molecular formula is C14H31IN4S. The van der Waals surface area contributed by atoms with Gasteiger partial charge in [-0.25, -0.2) is 0 Å². The van der Waals surface area contributed by atoms with E-state index in [-0.39, 0.29) is 28.7 Å². The van der Waals surface area contributed by atoms with Crippen LogP contribution in [0.5, 0.6) is 0 Å². The van der Waals surface area contributed by atoms with Gasteiger partial charge in [0, 0.05) is 30.9 Å². The van der Waals surface area contributed by atoms with Gasteiger partial charge in [0.15, 0.2) is 5.96 Å². The third-order valence-corrected chi connectivity index (χ3v) is 5.12. The number of halogens is 1. The normalized spacial score (nSPS) is 20.6. The smallest absolute Gasteiger partial charge is 0.191 e. The molecule has 0 bridgehead atoms. The zero-order valence-corrected chi connectivity index (χ0v) is 16.7. The van der Waals surface area contributed by atoms with Crippen LogP contribution < -0.4 is 10.6 Å². The number of nitrogens with zero attached hydrogens (tertiary/aromatic N) is 2. The van der Waals surface area contributed by atoms with Crippen LogP contribution in [0.2, 0.25) is 0 Å². The van der Waals surface area contributed by atoms with E-state index >= 15 is 0 Å². The van der Waals surface area contributed by atoms with E-state index < -0.39 is 0 Å². The van der Waals surface area contributed by atoms with Crippen LogP contribution in [0.3, 0.4) is 0 Å². The van der Waals surface area contributed by atoms with Crippen molar-refractivity contribution in [1.82, 2.24) is 15.5 Å². The second-order valence-electron chi connectivity index (χ2n) is 5.70. The molecule has 0 amide bonds. The summed E-state index contributed by atoms with van der Waals surface area (Å²) in [5.74, 6) is 0.921. The molecule has 2 N–H and O–H groups in total. The summed E-state index contributed by atoms with van der Waals surface area (Å²) < 4.78 is 0.237. The fourth-order valence-electron chi connectivity index (χ4n) is 2.35. The monoisotopic (exact) mass is 414 g/mol. The number of nitrogens with one attached hydrogen (secondary N) is 2. The molecule has 0 aromatic carbocycles. The summed E-state index contributed by atoms with van der Waals surface area (Å²) in [7, 11) is 1.84. The van der Waals surface area contributed by atoms with Crippen molar-refractivity contribution in [3.05, 3.63) is 0 Å². The third kappa shape index (κ3) is 6.85. The number of hydrogen-bond acceptors (Lipinski definition) is 3. The fourth-order valence-corrected chi connectivity index (χ4v) is 2.56. The molecule has 1 heterocycles. The Balaban J connectivity index is 0.00000361. The molecule has 20 heavy (non-hydrogen) atoms. The lowest BCUT2D eigenvalue weighted by Gasteiger charge is -2.26. The van der Waals surface area contributed by atoms with Gasteiger partial charge in [0.2, 0.25) is 0 Å². The van der Waals surface area contributed by atoms with Gasteiger partial charge in [-0.1, -0.05) is 6.92 Å². The first-order chi connectivity index (χ1) is 9.02. The van der Waals surface area contributed by atoms with Crippen LogP contribution in [-0.4, -0.2) is 61.1 Å². The predicted molar refractivity (Wildman–Crippen MR) is 103 cm³/mol. The zero-order valence-electron chi connectivity index (χ0n) is 13.5. The SMILES string of the molecule is CCN1CCCC1CNC(=NC)NCC(C)(C)SC.I. The minimum Gasteiger partial charge on any atom is -0.355 e. The molecule has 0 aromatic rings. The van der Waals surface area contributed by atoms with Crippen LogP contribution in [0.25, 0.3) is 0 Å². The maximum absolute atomic E-state index is 4.30. The first kappa shape index (κ1) is 20.3. The molecule has 0 radical (unpaired) electrons. The second kappa shape index (κ2) is 10.1. The van der Waals surface area contributed by atoms with Gasteiger partial charge in [0.25, 0.3) is 0 Å². The molecule has 0 aromatic heterocycles. The molecule has 1 aliphatic heterocycles. The molecule has 1 unspecified atom stereocenters. The van der Waals surface area contributed by atoms with Gasteiger partial charge in [0.05, 0.1) is 0 Å². The van der Waals surface area contributed by atoms with Gasteiger partial charge in [-0.15, -0.1) is 24.0 Å². The van der Waals surface area contributed by atoms with E-state index in [1.165, 1.54) is 19.4 Å². The molecule has 120 valence electrons. The van der Waals surface area contributed by atoms with E-state index in [2.05, 4.69) is 47.6 Å². The summed E-state index contributed by atoms with van der Waals surface area (Å²) >= 11 is 1.87. The molecule has 1 atom stereocenters. The highest BCUT2D eigenvalue weighted by Crippen LogP contribution is 2.19. The Hall–Kier alpha value is 0.310. The molecule has 0 saturated carbocycles. The third-order valence-electron chi connectivity index (χ3n) is 3.87. The minimum absolute atomic E-state index is 0. The molecule has 1 aliphatic rings. The zero-order chi connectivity index (χ0) is 14.3. The van der Waals surface area contributed by atoms with Crippen molar-refractivity contribution in [2.75, 3.05) is 39.5 Å². The van der Waals surface area contributed by atoms with Gasteiger partial charge >= 0.3 is 0 Å². The van der Waals surface area contributed by atoms with Crippen molar-refractivity contribution in [2.24, 2.45) is 4.99 Å². The van der Waals surface area contributed by atoms with E-state index in [1.807, 2.05) is 18.8 Å². The maximum atomic E-state index is 4.30. The maximum Gasteiger partial charge on any atom is 0.191 e. The van der Waals surface area contributed by atoms with Crippen molar-refractivity contribution in [2.45, 2.75) is 44.4 Å². The van der Waals surface area contributed by atoms with E-state index in [4.69, 9.17) is 0 Å². The lowest BCUT2D eigenvalue weighted by molar-refractivity contribution is 0.267. The highest BCUT2D eigenvalue weighted by Gasteiger charge is 2.23. The largest absolute Gasteiger partial charge is 0.355 e. The highest BCUT2D eigenvalue weighted by molar-refractivity contribution is 14.0. The summed E-state index contributed by atoms with van der Waals surface area (Å²) in [6.07, 6.45) is 4.77. The van der Waals surface area contributed by atoms with Crippen molar-refractivity contribution in [1.29, 1.82) is 0 Å². The lowest BCUT2D eigenvalue weighted by Crippen LogP contribution is -2.47. The topological polar surface area (TPSA) is 39.7 Å². The van der Waals surface area contributed by atoms with Crippen LogP contribution in [0.1, 0.15) is 33.6 Å². The molecule has 1 fully saturated rings. The summed E-state index contributed by atoms with van der Waals surface area (Å²) in [4.78, 5) is 6.85. The van der Waals surface area contributed by atoms with Gasteiger partial charge < -0.3 is 10.6 Å². The van der Waals surface area contributed by atoms with Crippen LogP contribution in [0.15, 0.2) is 4.99 Å². The average molecular weight is 414 g/mol.